The van der Waals surface area contributed by atoms with E-state index in [0.29, 0.717) is 43.4 Å². The summed E-state index contributed by atoms with van der Waals surface area (Å²) >= 11 is 3.34. The van der Waals surface area contributed by atoms with E-state index in [1.807, 2.05) is 30.3 Å². The predicted octanol–water partition coefficient (Wildman–Crippen LogP) is 2.40. The van der Waals surface area contributed by atoms with Crippen LogP contribution in [0.25, 0.3) is 10.8 Å². The maximum atomic E-state index is 12.9. The van der Waals surface area contributed by atoms with Crippen molar-refractivity contribution in [1.82, 2.24) is 4.31 Å². The van der Waals surface area contributed by atoms with Crippen molar-refractivity contribution in [2.75, 3.05) is 26.2 Å². The van der Waals surface area contributed by atoms with E-state index >= 15 is 0 Å². The topological polar surface area (TPSA) is 62.0 Å². The highest BCUT2D eigenvalue weighted by molar-refractivity contribution is 9.10. The molecule has 1 fully saturated rings. The van der Waals surface area contributed by atoms with Crippen LogP contribution in [0.5, 0.6) is 5.75 Å². The average Bonchev–Trinajstić information content (AvgIpc) is 2.71. The molecule has 0 saturated carbocycles. The van der Waals surface area contributed by atoms with Gasteiger partial charge in [-0.3, -0.25) is 0 Å². The van der Waals surface area contributed by atoms with Crippen LogP contribution < -0.4 is 4.90 Å². The smallest absolute Gasteiger partial charge is 0.243 e. The molecule has 0 aliphatic carbocycles. The van der Waals surface area contributed by atoms with Gasteiger partial charge in [-0.15, -0.1) is 0 Å². The lowest BCUT2D eigenvalue weighted by Gasteiger charge is -2.31. The molecule has 3 aromatic rings. The number of fused-ring (bicyclic) bond motifs is 1. The molecule has 0 amide bonds. The number of rotatable bonds is 4. The summed E-state index contributed by atoms with van der Waals surface area (Å²) in [5.41, 5.74) is 0.928. The monoisotopic (exact) mass is 461 g/mol. The molecule has 4 rings (SSSR count). The molecule has 1 aliphatic heterocycles. The highest BCUT2D eigenvalue weighted by atomic mass is 79.9. The molecular weight excluding hydrogens is 440 g/mol. The molecule has 1 heterocycles. The Morgan fingerprint density at radius 2 is 1.64 bits per heavy atom. The first-order chi connectivity index (χ1) is 13.4. The standard InChI is InChI=1S/C21H21BrN2O3S/c22-17-6-8-18(9-7-17)28(26,27)24-13-11-23(12-14-24)15-20-19-4-2-1-3-16(19)5-10-21(20)25/h1-10,25H,11-15H2/p+1. The Morgan fingerprint density at radius 3 is 2.36 bits per heavy atom. The second-order valence-corrected chi connectivity index (χ2v) is 9.92. The van der Waals surface area contributed by atoms with Gasteiger partial charge in [-0.05, 0) is 41.1 Å². The summed E-state index contributed by atoms with van der Waals surface area (Å²) in [6.07, 6.45) is 0. The Hall–Kier alpha value is -1.93. The fraction of sp³-hybridized carbons (Fsp3) is 0.238. The van der Waals surface area contributed by atoms with Crippen molar-refractivity contribution in [2.45, 2.75) is 11.4 Å². The molecule has 2 N–H and O–H groups in total. The van der Waals surface area contributed by atoms with E-state index < -0.39 is 10.0 Å². The summed E-state index contributed by atoms with van der Waals surface area (Å²) < 4.78 is 28.1. The second-order valence-electron chi connectivity index (χ2n) is 7.07. The quantitative estimate of drug-likeness (QED) is 0.626. The van der Waals surface area contributed by atoms with Gasteiger partial charge in [0.25, 0.3) is 0 Å². The Labute approximate surface area is 173 Å². The molecule has 28 heavy (non-hydrogen) atoms. The summed E-state index contributed by atoms with van der Waals surface area (Å²) in [5, 5.41) is 12.5. The number of aromatic hydroxyl groups is 1. The predicted molar refractivity (Wildman–Crippen MR) is 113 cm³/mol. The molecule has 1 aliphatic rings. The van der Waals surface area contributed by atoms with Gasteiger partial charge in [-0.25, -0.2) is 8.42 Å². The molecule has 3 aromatic carbocycles. The lowest BCUT2D eigenvalue weighted by molar-refractivity contribution is -0.917. The van der Waals surface area contributed by atoms with Crippen LogP contribution >= 0.6 is 15.9 Å². The first-order valence-corrected chi connectivity index (χ1v) is 11.5. The summed E-state index contributed by atoms with van der Waals surface area (Å²) in [6, 6.07) is 18.5. The molecule has 7 heteroatoms. The van der Waals surface area contributed by atoms with Crippen molar-refractivity contribution in [1.29, 1.82) is 0 Å². The molecular formula is C21H22BrN2O3S+. The van der Waals surface area contributed by atoms with Gasteiger partial charge in [0.15, 0.2) is 0 Å². The summed E-state index contributed by atoms with van der Waals surface area (Å²) in [5.74, 6) is 0.302. The SMILES string of the molecule is O=S(=O)(c1ccc(Br)cc1)N1CC[NH+](Cc2c(O)ccc3ccccc23)CC1. The number of phenolic OH excluding ortho intramolecular Hbond substituents is 1. The van der Waals surface area contributed by atoms with Gasteiger partial charge in [-0.1, -0.05) is 46.3 Å². The number of sulfonamides is 1. The first-order valence-electron chi connectivity index (χ1n) is 9.24. The number of hydrogen-bond donors (Lipinski definition) is 2. The van der Waals surface area contributed by atoms with Crippen molar-refractivity contribution in [2.24, 2.45) is 0 Å². The van der Waals surface area contributed by atoms with Crippen LogP contribution in [-0.2, 0) is 16.6 Å². The third-order valence-corrected chi connectivity index (χ3v) is 7.77. The number of quaternary nitrogens is 1. The van der Waals surface area contributed by atoms with Gasteiger partial charge in [-0.2, -0.15) is 4.31 Å². The zero-order chi connectivity index (χ0) is 19.7. The highest BCUT2D eigenvalue weighted by Gasteiger charge is 2.30. The molecule has 1 saturated heterocycles. The average molecular weight is 462 g/mol. The van der Waals surface area contributed by atoms with E-state index in [0.717, 1.165) is 20.8 Å². The maximum absolute atomic E-state index is 12.9. The van der Waals surface area contributed by atoms with Crippen LogP contribution in [0.4, 0.5) is 0 Å². The van der Waals surface area contributed by atoms with Crippen LogP contribution in [-0.4, -0.2) is 44.0 Å². The lowest BCUT2D eigenvalue weighted by Crippen LogP contribution is -3.13. The third kappa shape index (κ3) is 3.80. The number of phenols is 1. The van der Waals surface area contributed by atoms with E-state index in [9.17, 15) is 13.5 Å². The van der Waals surface area contributed by atoms with E-state index in [4.69, 9.17) is 0 Å². The molecule has 146 valence electrons. The molecule has 0 radical (unpaired) electrons. The van der Waals surface area contributed by atoms with Gasteiger partial charge in [0.2, 0.25) is 10.0 Å². The maximum Gasteiger partial charge on any atom is 0.243 e. The van der Waals surface area contributed by atoms with E-state index in [1.165, 1.54) is 4.90 Å². The normalized spacial score (nSPS) is 16.5. The van der Waals surface area contributed by atoms with Crippen molar-refractivity contribution >= 4 is 36.7 Å². The molecule has 0 atom stereocenters. The zero-order valence-corrected chi connectivity index (χ0v) is 17.7. The van der Waals surface area contributed by atoms with Crippen LogP contribution in [0.2, 0.25) is 0 Å². The van der Waals surface area contributed by atoms with Crippen molar-refractivity contribution < 1.29 is 18.4 Å². The molecule has 0 aromatic heterocycles. The Kier molecular flexibility index (Phi) is 5.42. The Morgan fingerprint density at radius 1 is 0.964 bits per heavy atom. The van der Waals surface area contributed by atoms with Crippen molar-refractivity contribution in [3.63, 3.8) is 0 Å². The lowest BCUT2D eigenvalue weighted by atomic mass is 10.0. The van der Waals surface area contributed by atoms with Crippen LogP contribution in [0.15, 0.2) is 70.0 Å². The fourth-order valence-electron chi connectivity index (χ4n) is 3.74. The van der Waals surface area contributed by atoms with Gasteiger partial charge in [0, 0.05) is 4.47 Å². The van der Waals surface area contributed by atoms with E-state index in [2.05, 4.69) is 15.9 Å². The number of nitrogens with zero attached hydrogens (tertiary/aromatic N) is 1. The van der Waals surface area contributed by atoms with E-state index in [-0.39, 0.29) is 0 Å². The molecule has 5 nitrogen and oxygen atoms in total. The highest BCUT2D eigenvalue weighted by Crippen LogP contribution is 2.26. The van der Waals surface area contributed by atoms with Crippen LogP contribution in [0.1, 0.15) is 5.56 Å². The minimum atomic E-state index is -3.47. The zero-order valence-electron chi connectivity index (χ0n) is 15.3. The largest absolute Gasteiger partial charge is 0.507 e. The minimum absolute atomic E-state index is 0.302. The Bertz CT molecular complexity index is 1090. The van der Waals surface area contributed by atoms with Gasteiger partial charge in [0.05, 0.1) is 36.6 Å². The van der Waals surface area contributed by atoms with Gasteiger partial charge < -0.3 is 10.0 Å². The minimum Gasteiger partial charge on any atom is -0.507 e. The second kappa shape index (κ2) is 7.83. The molecule has 0 bridgehead atoms. The number of halogens is 1. The number of piperazine rings is 1. The summed E-state index contributed by atoms with van der Waals surface area (Å²) in [7, 11) is -3.47. The number of benzene rings is 3. The van der Waals surface area contributed by atoms with E-state index in [1.54, 1.807) is 34.6 Å². The first kappa shape index (κ1) is 19.4. The van der Waals surface area contributed by atoms with Gasteiger partial charge >= 0.3 is 0 Å². The fourth-order valence-corrected chi connectivity index (χ4v) is 5.44. The van der Waals surface area contributed by atoms with Crippen LogP contribution in [0.3, 0.4) is 0 Å². The third-order valence-electron chi connectivity index (χ3n) is 5.32. The number of hydrogen-bond acceptors (Lipinski definition) is 3. The summed E-state index contributed by atoms with van der Waals surface area (Å²) in [4.78, 5) is 1.60. The Balaban J connectivity index is 1.48. The summed E-state index contributed by atoms with van der Waals surface area (Å²) in [6.45, 7) is 3.04. The van der Waals surface area contributed by atoms with Crippen molar-refractivity contribution in [3.8, 4) is 5.75 Å². The molecule has 0 spiro atoms. The van der Waals surface area contributed by atoms with Crippen LogP contribution in [0, 0.1) is 0 Å². The van der Waals surface area contributed by atoms with Gasteiger partial charge in [0.1, 0.15) is 12.3 Å². The van der Waals surface area contributed by atoms with Crippen molar-refractivity contribution in [3.05, 3.63) is 70.7 Å². The number of nitrogens with one attached hydrogen (secondary N) is 1. The molecule has 0 unspecified atom stereocenters.